The molecule has 1 rings (SSSR count). The van der Waals surface area contributed by atoms with Gasteiger partial charge in [-0.1, -0.05) is 24.6 Å². The van der Waals surface area contributed by atoms with Crippen molar-refractivity contribution in [2.45, 2.75) is 59.1 Å². The first-order valence-corrected chi connectivity index (χ1v) is 9.67. The van der Waals surface area contributed by atoms with Crippen molar-refractivity contribution in [3.05, 3.63) is 28.8 Å². The number of aryl methyl sites for hydroxylation is 3. The van der Waals surface area contributed by atoms with Crippen molar-refractivity contribution >= 4 is 29.3 Å². The Hall–Kier alpha value is -1.49. The Bertz CT molecular complexity index is 549. The second-order valence-electron chi connectivity index (χ2n) is 6.23. The number of benzene rings is 1. The zero-order valence-electron chi connectivity index (χ0n) is 15.5. The quantitative estimate of drug-likeness (QED) is 0.662. The first kappa shape index (κ1) is 20.6. The molecule has 0 saturated carbocycles. The lowest BCUT2D eigenvalue weighted by Crippen LogP contribution is -2.31. The third-order valence-electron chi connectivity index (χ3n) is 3.78. The van der Waals surface area contributed by atoms with Gasteiger partial charge in [0.25, 0.3) is 0 Å². The van der Waals surface area contributed by atoms with E-state index in [1.165, 1.54) is 5.56 Å². The maximum absolute atomic E-state index is 12.1. The van der Waals surface area contributed by atoms with Gasteiger partial charge in [-0.15, -0.1) is 11.8 Å². The molecule has 5 heteroatoms. The van der Waals surface area contributed by atoms with Crippen molar-refractivity contribution in [2.24, 2.45) is 0 Å². The van der Waals surface area contributed by atoms with Gasteiger partial charge in [0.2, 0.25) is 11.8 Å². The van der Waals surface area contributed by atoms with Crippen molar-refractivity contribution in [1.82, 2.24) is 5.32 Å². The molecule has 1 aromatic carbocycles. The normalized spacial score (nSPS) is 11.9. The van der Waals surface area contributed by atoms with Gasteiger partial charge in [0.05, 0.1) is 5.25 Å². The van der Waals surface area contributed by atoms with E-state index in [1.54, 1.807) is 11.8 Å². The molecular formula is C19H30N2O2S. The van der Waals surface area contributed by atoms with Gasteiger partial charge in [0.15, 0.2) is 0 Å². The van der Waals surface area contributed by atoms with E-state index in [1.807, 2.05) is 27.7 Å². The zero-order valence-corrected chi connectivity index (χ0v) is 16.3. The second kappa shape index (κ2) is 10.4. The molecule has 1 aromatic rings. The standard InChI is InChI=1S/C19H30N2O2S/c1-6-9-20-19(23)16(5)24-10-7-8-17(22)21-18-14(3)11-13(2)12-15(18)4/h11-12,16H,6-10H2,1-5H3,(H,20,23)(H,21,22)/t16-/m1/s1. The van der Waals surface area contributed by atoms with Crippen LogP contribution in [0.2, 0.25) is 0 Å². The van der Waals surface area contributed by atoms with Crippen LogP contribution in [-0.4, -0.2) is 29.4 Å². The molecule has 0 aliphatic heterocycles. The lowest BCUT2D eigenvalue weighted by atomic mass is 10.0. The van der Waals surface area contributed by atoms with Gasteiger partial charge in [-0.2, -0.15) is 0 Å². The SMILES string of the molecule is CCCNC(=O)[C@@H](C)SCCCC(=O)Nc1c(C)cc(C)cc1C. The monoisotopic (exact) mass is 350 g/mol. The van der Waals surface area contributed by atoms with Crippen LogP contribution in [0.25, 0.3) is 0 Å². The van der Waals surface area contributed by atoms with E-state index in [2.05, 4.69) is 29.7 Å². The van der Waals surface area contributed by atoms with Crippen LogP contribution < -0.4 is 10.6 Å². The second-order valence-corrected chi connectivity index (χ2v) is 7.68. The molecule has 2 amide bonds. The fourth-order valence-corrected chi connectivity index (χ4v) is 3.44. The molecule has 0 fully saturated rings. The highest BCUT2D eigenvalue weighted by molar-refractivity contribution is 8.00. The summed E-state index contributed by atoms with van der Waals surface area (Å²) in [5.41, 5.74) is 4.31. The first-order chi connectivity index (χ1) is 11.3. The highest BCUT2D eigenvalue weighted by Gasteiger charge is 2.13. The predicted molar refractivity (Wildman–Crippen MR) is 104 cm³/mol. The van der Waals surface area contributed by atoms with Gasteiger partial charge in [0.1, 0.15) is 0 Å². The van der Waals surface area contributed by atoms with Crippen molar-refractivity contribution in [3.8, 4) is 0 Å². The van der Waals surface area contributed by atoms with Crippen LogP contribution in [0.5, 0.6) is 0 Å². The van der Waals surface area contributed by atoms with Crippen LogP contribution in [0, 0.1) is 20.8 Å². The molecule has 2 N–H and O–H groups in total. The van der Waals surface area contributed by atoms with Crippen molar-refractivity contribution in [2.75, 3.05) is 17.6 Å². The molecule has 24 heavy (non-hydrogen) atoms. The number of hydrogen-bond acceptors (Lipinski definition) is 3. The summed E-state index contributed by atoms with van der Waals surface area (Å²) < 4.78 is 0. The summed E-state index contributed by atoms with van der Waals surface area (Å²) in [6.07, 6.45) is 2.19. The minimum absolute atomic E-state index is 0.0359. The van der Waals surface area contributed by atoms with E-state index in [4.69, 9.17) is 0 Å². The molecule has 0 unspecified atom stereocenters. The van der Waals surface area contributed by atoms with Gasteiger partial charge < -0.3 is 10.6 Å². The zero-order chi connectivity index (χ0) is 18.1. The molecule has 0 aliphatic carbocycles. The number of carbonyl (C=O) groups excluding carboxylic acids is 2. The summed E-state index contributed by atoms with van der Waals surface area (Å²) in [6.45, 7) is 10.8. The number of rotatable bonds is 9. The first-order valence-electron chi connectivity index (χ1n) is 8.62. The minimum atomic E-state index is -0.0683. The predicted octanol–water partition coefficient (Wildman–Crippen LogP) is 3.98. The topological polar surface area (TPSA) is 58.2 Å². The number of amides is 2. The molecule has 0 bridgehead atoms. The van der Waals surface area contributed by atoms with E-state index in [9.17, 15) is 9.59 Å². The number of nitrogens with one attached hydrogen (secondary N) is 2. The summed E-state index contributed by atoms with van der Waals surface area (Å²) in [5, 5.41) is 5.84. The van der Waals surface area contributed by atoms with E-state index >= 15 is 0 Å². The molecule has 0 aromatic heterocycles. The van der Waals surface area contributed by atoms with E-state index in [0.29, 0.717) is 6.42 Å². The van der Waals surface area contributed by atoms with Crippen molar-refractivity contribution in [3.63, 3.8) is 0 Å². The fourth-order valence-electron chi connectivity index (χ4n) is 2.54. The Morgan fingerprint density at radius 2 is 1.79 bits per heavy atom. The fraction of sp³-hybridized carbons (Fsp3) is 0.579. The van der Waals surface area contributed by atoms with Gasteiger partial charge in [-0.05, 0) is 57.4 Å². The Morgan fingerprint density at radius 3 is 2.38 bits per heavy atom. The van der Waals surface area contributed by atoms with E-state index in [0.717, 1.165) is 42.0 Å². The summed E-state index contributed by atoms with van der Waals surface area (Å²) in [4.78, 5) is 23.9. The largest absolute Gasteiger partial charge is 0.355 e. The van der Waals surface area contributed by atoms with E-state index in [-0.39, 0.29) is 17.1 Å². The Kier molecular flexibility index (Phi) is 8.90. The summed E-state index contributed by atoms with van der Waals surface area (Å²) in [6, 6.07) is 4.16. The molecule has 0 saturated heterocycles. The van der Waals surface area contributed by atoms with Crippen LogP contribution >= 0.6 is 11.8 Å². The van der Waals surface area contributed by atoms with Crippen LogP contribution in [0.15, 0.2) is 12.1 Å². The smallest absolute Gasteiger partial charge is 0.232 e. The van der Waals surface area contributed by atoms with Crippen LogP contribution in [-0.2, 0) is 9.59 Å². The number of thioether (sulfide) groups is 1. The van der Waals surface area contributed by atoms with Crippen LogP contribution in [0.4, 0.5) is 5.69 Å². The van der Waals surface area contributed by atoms with Gasteiger partial charge >= 0.3 is 0 Å². The number of anilines is 1. The van der Waals surface area contributed by atoms with Gasteiger partial charge in [0, 0.05) is 18.7 Å². The maximum Gasteiger partial charge on any atom is 0.232 e. The average molecular weight is 351 g/mol. The van der Waals surface area contributed by atoms with Gasteiger partial charge in [-0.25, -0.2) is 0 Å². The molecule has 4 nitrogen and oxygen atoms in total. The van der Waals surface area contributed by atoms with Crippen LogP contribution in [0.3, 0.4) is 0 Å². The molecule has 0 heterocycles. The molecule has 1 atom stereocenters. The minimum Gasteiger partial charge on any atom is -0.355 e. The maximum atomic E-state index is 12.1. The average Bonchev–Trinajstić information content (AvgIpc) is 2.52. The highest BCUT2D eigenvalue weighted by Crippen LogP contribution is 2.22. The molecule has 0 aliphatic rings. The lowest BCUT2D eigenvalue weighted by Gasteiger charge is -2.13. The molecule has 134 valence electrons. The van der Waals surface area contributed by atoms with Gasteiger partial charge in [-0.3, -0.25) is 9.59 Å². The lowest BCUT2D eigenvalue weighted by molar-refractivity contribution is -0.120. The van der Waals surface area contributed by atoms with Crippen molar-refractivity contribution in [1.29, 1.82) is 0 Å². The number of carbonyl (C=O) groups is 2. The Labute approximate surface area is 150 Å². The van der Waals surface area contributed by atoms with E-state index < -0.39 is 0 Å². The summed E-state index contributed by atoms with van der Waals surface area (Å²) in [7, 11) is 0. The van der Waals surface area contributed by atoms with Crippen molar-refractivity contribution < 1.29 is 9.59 Å². The molecule has 0 spiro atoms. The third-order valence-corrected chi connectivity index (χ3v) is 5.01. The summed E-state index contributed by atoms with van der Waals surface area (Å²) >= 11 is 1.60. The Balaban J connectivity index is 2.34. The van der Waals surface area contributed by atoms with Crippen LogP contribution in [0.1, 0.15) is 49.8 Å². The Morgan fingerprint density at radius 1 is 1.17 bits per heavy atom. The number of hydrogen-bond donors (Lipinski definition) is 2. The molecular weight excluding hydrogens is 320 g/mol. The third kappa shape index (κ3) is 6.95. The highest BCUT2D eigenvalue weighted by atomic mass is 32.2. The molecule has 0 radical (unpaired) electrons. The summed E-state index contributed by atoms with van der Waals surface area (Å²) in [5.74, 6) is 0.922.